The minimum Gasteiger partial charge on any atom is -0.465 e. The van der Waals surface area contributed by atoms with Crippen LogP contribution >= 0.6 is 11.8 Å². The van der Waals surface area contributed by atoms with Crippen LogP contribution in [0.25, 0.3) is 0 Å². The molecule has 0 aromatic heterocycles. The van der Waals surface area contributed by atoms with Gasteiger partial charge in [-0.3, -0.25) is 10.1 Å². The van der Waals surface area contributed by atoms with E-state index in [4.69, 9.17) is 4.74 Å². The molecule has 1 aliphatic heterocycles. The van der Waals surface area contributed by atoms with Crippen molar-refractivity contribution in [2.24, 2.45) is 0 Å². The molecule has 7 nitrogen and oxygen atoms in total. The van der Waals surface area contributed by atoms with Gasteiger partial charge in [-0.2, -0.15) is 11.8 Å². The van der Waals surface area contributed by atoms with Gasteiger partial charge < -0.3 is 15.0 Å². The zero-order valence-electron chi connectivity index (χ0n) is 15.0. The number of nitro groups is 1. The van der Waals surface area contributed by atoms with Gasteiger partial charge in [0.25, 0.3) is 5.69 Å². The van der Waals surface area contributed by atoms with Crippen LogP contribution in [0.15, 0.2) is 42.5 Å². The van der Waals surface area contributed by atoms with Gasteiger partial charge in [-0.15, -0.1) is 0 Å². The molecular formula is C19H21N3O4S. The lowest BCUT2D eigenvalue weighted by molar-refractivity contribution is -0.384. The number of non-ortho nitro benzene ring substituents is 1. The average Bonchev–Trinajstić information content (AvgIpc) is 2.72. The predicted octanol–water partition coefficient (Wildman–Crippen LogP) is 3.55. The molecule has 0 spiro atoms. The van der Waals surface area contributed by atoms with Crippen LogP contribution < -0.4 is 10.2 Å². The fraction of sp³-hybridized carbons (Fsp3) is 0.316. The molecule has 0 bridgehead atoms. The lowest BCUT2D eigenvalue weighted by Crippen LogP contribution is -2.32. The first-order chi connectivity index (χ1) is 13.1. The van der Waals surface area contributed by atoms with E-state index in [2.05, 4.69) is 22.3 Å². The molecule has 1 N–H and O–H groups in total. The van der Waals surface area contributed by atoms with Gasteiger partial charge in [0.2, 0.25) is 0 Å². The number of esters is 1. The second kappa shape index (κ2) is 8.77. The molecule has 1 heterocycles. The second-order valence-electron chi connectivity index (χ2n) is 6.10. The normalized spacial score (nSPS) is 13.9. The summed E-state index contributed by atoms with van der Waals surface area (Å²) in [6, 6.07) is 12.4. The van der Waals surface area contributed by atoms with E-state index in [-0.39, 0.29) is 11.3 Å². The van der Waals surface area contributed by atoms with E-state index < -0.39 is 10.9 Å². The molecule has 2 aromatic rings. The maximum Gasteiger partial charge on any atom is 0.340 e. The maximum absolute atomic E-state index is 11.9. The SMILES string of the molecule is COC(=O)c1cc([N+](=O)[O-])ccc1NCc1ccc(N2CCSCC2)cc1. The van der Waals surface area contributed by atoms with Crippen LogP contribution in [0.4, 0.5) is 17.1 Å². The van der Waals surface area contributed by atoms with Crippen LogP contribution in [0.3, 0.4) is 0 Å². The third-order valence-electron chi connectivity index (χ3n) is 4.41. The molecule has 1 aliphatic rings. The number of carbonyl (C=O) groups excluding carboxylic acids is 1. The number of methoxy groups -OCH3 is 1. The van der Waals surface area contributed by atoms with Gasteiger partial charge in [-0.25, -0.2) is 4.79 Å². The largest absolute Gasteiger partial charge is 0.465 e. The summed E-state index contributed by atoms with van der Waals surface area (Å²) >= 11 is 1.98. The summed E-state index contributed by atoms with van der Waals surface area (Å²) in [5, 5.41) is 14.1. The molecule has 142 valence electrons. The number of hydrogen-bond acceptors (Lipinski definition) is 7. The smallest absolute Gasteiger partial charge is 0.340 e. The van der Waals surface area contributed by atoms with Crippen molar-refractivity contribution in [3.8, 4) is 0 Å². The Balaban J connectivity index is 1.70. The molecule has 3 rings (SSSR count). The number of nitro benzene ring substituents is 1. The molecule has 1 fully saturated rings. The van der Waals surface area contributed by atoms with Crippen LogP contribution in [0.5, 0.6) is 0 Å². The molecule has 0 unspecified atom stereocenters. The lowest BCUT2D eigenvalue weighted by Gasteiger charge is -2.28. The van der Waals surface area contributed by atoms with Gasteiger partial charge in [0, 0.05) is 54.6 Å². The Morgan fingerprint density at radius 1 is 1.22 bits per heavy atom. The number of nitrogens with one attached hydrogen (secondary N) is 1. The maximum atomic E-state index is 11.9. The van der Waals surface area contributed by atoms with E-state index >= 15 is 0 Å². The minimum atomic E-state index is -0.612. The van der Waals surface area contributed by atoms with Gasteiger partial charge in [0.1, 0.15) is 0 Å². The number of hydrogen-bond donors (Lipinski definition) is 1. The fourth-order valence-corrected chi connectivity index (χ4v) is 3.83. The summed E-state index contributed by atoms with van der Waals surface area (Å²) in [4.78, 5) is 24.7. The Morgan fingerprint density at radius 3 is 2.56 bits per heavy atom. The fourth-order valence-electron chi connectivity index (χ4n) is 2.92. The van der Waals surface area contributed by atoms with Crippen LogP contribution in [-0.4, -0.2) is 42.6 Å². The highest BCUT2D eigenvalue weighted by Gasteiger charge is 2.17. The number of thioether (sulfide) groups is 1. The van der Waals surface area contributed by atoms with Gasteiger partial charge in [0.15, 0.2) is 0 Å². The van der Waals surface area contributed by atoms with Crippen molar-refractivity contribution < 1.29 is 14.5 Å². The van der Waals surface area contributed by atoms with Crippen LogP contribution in [0.2, 0.25) is 0 Å². The number of carbonyl (C=O) groups is 1. The first-order valence-electron chi connectivity index (χ1n) is 8.61. The van der Waals surface area contributed by atoms with Crippen molar-refractivity contribution in [3.05, 3.63) is 63.7 Å². The molecule has 0 amide bonds. The van der Waals surface area contributed by atoms with Crippen molar-refractivity contribution >= 4 is 34.8 Å². The van der Waals surface area contributed by atoms with Crippen molar-refractivity contribution in [2.75, 3.05) is 41.9 Å². The van der Waals surface area contributed by atoms with Crippen molar-refractivity contribution in [3.63, 3.8) is 0 Å². The number of nitrogens with zero attached hydrogens (tertiary/aromatic N) is 2. The Morgan fingerprint density at radius 2 is 1.93 bits per heavy atom. The summed E-state index contributed by atoms with van der Waals surface area (Å²) < 4.78 is 4.74. The molecular weight excluding hydrogens is 366 g/mol. The molecule has 0 radical (unpaired) electrons. The standard InChI is InChI=1S/C19H21N3O4S/c1-26-19(23)17-12-16(22(24)25)6-7-18(17)20-13-14-2-4-15(5-3-14)21-8-10-27-11-9-21/h2-7,12,20H,8-11,13H2,1H3. The topological polar surface area (TPSA) is 84.7 Å². The zero-order valence-corrected chi connectivity index (χ0v) is 15.8. The average molecular weight is 387 g/mol. The molecule has 0 saturated carbocycles. The van der Waals surface area contributed by atoms with E-state index in [0.29, 0.717) is 12.2 Å². The summed E-state index contributed by atoms with van der Waals surface area (Å²) in [5.74, 6) is 1.69. The van der Waals surface area contributed by atoms with Gasteiger partial charge in [-0.05, 0) is 23.8 Å². The number of rotatable bonds is 6. The molecule has 8 heteroatoms. The van der Waals surface area contributed by atoms with Crippen molar-refractivity contribution in [1.82, 2.24) is 0 Å². The Labute approximate surface area is 161 Å². The molecule has 0 atom stereocenters. The van der Waals surface area contributed by atoms with Crippen LogP contribution in [0, 0.1) is 10.1 Å². The van der Waals surface area contributed by atoms with Crippen molar-refractivity contribution in [1.29, 1.82) is 0 Å². The van der Waals surface area contributed by atoms with E-state index in [1.54, 1.807) is 0 Å². The predicted molar refractivity (Wildman–Crippen MR) is 108 cm³/mol. The number of ether oxygens (including phenoxy) is 1. The summed E-state index contributed by atoms with van der Waals surface area (Å²) in [6.07, 6.45) is 0. The van der Waals surface area contributed by atoms with E-state index in [0.717, 1.165) is 30.2 Å². The Bertz CT molecular complexity index is 820. The summed E-state index contributed by atoms with van der Waals surface area (Å²) in [6.45, 7) is 2.62. The van der Waals surface area contributed by atoms with Crippen molar-refractivity contribution in [2.45, 2.75) is 6.54 Å². The molecule has 27 heavy (non-hydrogen) atoms. The van der Waals surface area contributed by atoms with E-state index in [9.17, 15) is 14.9 Å². The van der Waals surface area contributed by atoms with Gasteiger partial charge in [0.05, 0.1) is 17.6 Å². The highest BCUT2D eigenvalue weighted by molar-refractivity contribution is 7.99. The molecule has 2 aromatic carbocycles. The summed E-state index contributed by atoms with van der Waals surface area (Å²) in [7, 11) is 1.25. The van der Waals surface area contributed by atoms with Crippen LogP contribution in [0.1, 0.15) is 15.9 Å². The highest BCUT2D eigenvalue weighted by Crippen LogP contribution is 2.24. The quantitative estimate of drug-likeness (QED) is 0.461. The third-order valence-corrected chi connectivity index (χ3v) is 5.36. The minimum absolute atomic E-state index is 0.147. The second-order valence-corrected chi connectivity index (χ2v) is 7.32. The molecule has 0 aliphatic carbocycles. The van der Waals surface area contributed by atoms with Gasteiger partial charge in [-0.1, -0.05) is 12.1 Å². The lowest BCUT2D eigenvalue weighted by atomic mass is 10.1. The van der Waals surface area contributed by atoms with Gasteiger partial charge >= 0.3 is 5.97 Å². The van der Waals surface area contributed by atoms with E-state index in [1.165, 1.54) is 31.0 Å². The first kappa shape index (κ1) is 19.0. The van der Waals surface area contributed by atoms with Crippen LogP contribution in [-0.2, 0) is 11.3 Å². The van der Waals surface area contributed by atoms with E-state index in [1.807, 2.05) is 23.9 Å². The Hall–Kier alpha value is -2.74. The monoisotopic (exact) mass is 387 g/mol. The summed E-state index contributed by atoms with van der Waals surface area (Å²) in [5.41, 5.74) is 2.77. The zero-order chi connectivity index (χ0) is 19.2. The highest BCUT2D eigenvalue weighted by atomic mass is 32.2. The molecule has 1 saturated heterocycles. The first-order valence-corrected chi connectivity index (χ1v) is 9.76. The third kappa shape index (κ3) is 4.71. The number of anilines is 2. The number of benzene rings is 2. The Kier molecular flexibility index (Phi) is 6.18.